The summed E-state index contributed by atoms with van der Waals surface area (Å²) in [5, 5.41) is 3.05. The fourth-order valence-corrected chi connectivity index (χ4v) is 4.17. The summed E-state index contributed by atoms with van der Waals surface area (Å²) in [7, 11) is 1.72. The van der Waals surface area contributed by atoms with Crippen molar-refractivity contribution in [1.82, 2.24) is 10.2 Å². The molecule has 3 fully saturated rings. The third kappa shape index (κ3) is 2.53. The highest BCUT2D eigenvalue weighted by Crippen LogP contribution is 2.40. The summed E-state index contributed by atoms with van der Waals surface area (Å²) in [5.74, 6) is 0.886. The number of carbonyl (C=O) groups is 2. The van der Waals surface area contributed by atoms with E-state index in [1.165, 1.54) is 6.42 Å². The summed E-state index contributed by atoms with van der Waals surface area (Å²) in [6, 6.07) is 0.272. The molecule has 2 amide bonds. The van der Waals surface area contributed by atoms with Crippen molar-refractivity contribution in [3.8, 4) is 0 Å². The minimum Gasteiger partial charge on any atom is -0.378 e. The zero-order valence-corrected chi connectivity index (χ0v) is 14.0. The zero-order valence-electron chi connectivity index (χ0n) is 14.0. The van der Waals surface area contributed by atoms with E-state index in [4.69, 9.17) is 4.74 Å². The number of nitrogens with zero attached hydrogens (tertiary/aromatic N) is 1. The average Bonchev–Trinajstić information content (AvgIpc) is 2.48. The third-order valence-corrected chi connectivity index (χ3v) is 6.18. The van der Waals surface area contributed by atoms with E-state index in [1.807, 2.05) is 18.7 Å². The number of methoxy groups -OCH3 is 1. The lowest BCUT2D eigenvalue weighted by Gasteiger charge is -2.50. The first-order chi connectivity index (χ1) is 10.4. The molecule has 0 unspecified atom stereocenters. The molecule has 2 aliphatic heterocycles. The normalized spacial score (nSPS) is 30.2. The number of piperidine rings is 1. The van der Waals surface area contributed by atoms with Crippen LogP contribution >= 0.6 is 0 Å². The maximum Gasteiger partial charge on any atom is 0.228 e. The molecule has 0 aromatic rings. The van der Waals surface area contributed by atoms with E-state index >= 15 is 0 Å². The number of hydrogen-bond acceptors (Lipinski definition) is 3. The minimum absolute atomic E-state index is 0.156. The predicted octanol–water partition coefficient (Wildman–Crippen LogP) is 1.71. The summed E-state index contributed by atoms with van der Waals surface area (Å²) in [5.41, 5.74) is -0.430. The molecule has 0 bridgehead atoms. The summed E-state index contributed by atoms with van der Waals surface area (Å²) in [6.45, 7) is 5.66. The number of amides is 2. The van der Waals surface area contributed by atoms with Gasteiger partial charge in [0.25, 0.3) is 0 Å². The second-order valence-electron chi connectivity index (χ2n) is 7.81. The van der Waals surface area contributed by atoms with Crippen LogP contribution in [-0.4, -0.2) is 48.6 Å². The number of carbonyl (C=O) groups excluding carboxylic acids is 2. The first-order valence-corrected chi connectivity index (χ1v) is 8.52. The van der Waals surface area contributed by atoms with Crippen LogP contribution in [0, 0.1) is 11.3 Å². The minimum atomic E-state index is -0.247. The Hall–Kier alpha value is -1.10. The highest BCUT2D eigenvalue weighted by atomic mass is 16.5. The van der Waals surface area contributed by atoms with Gasteiger partial charge in [-0.25, -0.2) is 0 Å². The van der Waals surface area contributed by atoms with Crippen LogP contribution in [0.1, 0.15) is 52.4 Å². The summed E-state index contributed by atoms with van der Waals surface area (Å²) >= 11 is 0. The lowest BCUT2D eigenvalue weighted by Crippen LogP contribution is -2.68. The van der Waals surface area contributed by atoms with Crippen molar-refractivity contribution in [2.45, 2.75) is 64.0 Å². The molecular formula is C17H28N2O3. The Morgan fingerprint density at radius 3 is 2.36 bits per heavy atom. The fraction of sp³-hybridized carbons (Fsp3) is 0.882. The largest absolute Gasteiger partial charge is 0.378 e. The summed E-state index contributed by atoms with van der Waals surface area (Å²) < 4.78 is 5.57. The van der Waals surface area contributed by atoms with Crippen LogP contribution in [-0.2, 0) is 14.3 Å². The molecule has 1 saturated carbocycles. The highest BCUT2D eigenvalue weighted by molar-refractivity contribution is 5.89. The Bertz CT molecular complexity index is 457. The van der Waals surface area contributed by atoms with E-state index in [1.54, 1.807) is 7.11 Å². The Kier molecular flexibility index (Phi) is 3.96. The Labute approximate surface area is 132 Å². The smallest absolute Gasteiger partial charge is 0.228 e. The van der Waals surface area contributed by atoms with Gasteiger partial charge < -0.3 is 15.0 Å². The van der Waals surface area contributed by atoms with Crippen LogP contribution in [0.15, 0.2) is 0 Å². The van der Waals surface area contributed by atoms with Gasteiger partial charge in [-0.05, 0) is 51.9 Å². The van der Waals surface area contributed by atoms with Crippen LogP contribution in [0.3, 0.4) is 0 Å². The van der Waals surface area contributed by atoms with Gasteiger partial charge in [0.15, 0.2) is 0 Å². The second kappa shape index (κ2) is 5.52. The van der Waals surface area contributed by atoms with E-state index in [-0.39, 0.29) is 28.9 Å². The molecule has 5 heteroatoms. The number of hydrogen-bond donors (Lipinski definition) is 1. The maximum atomic E-state index is 12.5. The molecule has 2 heterocycles. The van der Waals surface area contributed by atoms with E-state index in [0.717, 1.165) is 38.8 Å². The van der Waals surface area contributed by atoms with Crippen LogP contribution in [0.5, 0.6) is 0 Å². The summed E-state index contributed by atoms with van der Waals surface area (Å²) in [4.78, 5) is 26.1. The first-order valence-electron chi connectivity index (χ1n) is 8.52. The van der Waals surface area contributed by atoms with Gasteiger partial charge in [0.2, 0.25) is 11.8 Å². The lowest BCUT2D eigenvalue weighted by molar-refractivity contribution is -0.150. The van der Waals surface area contributed by atoms with Crippen molar-refractivity contribution >= 4 is 11.8 Å². The van der Waals surface area contributed by atoms with Crippen molar-refractivity contribution in [2.24, 2.45) is 11.3 Å². The van der Waals surface area contributed by atoms with Gasteiger partial charge in [0, 0.05) is 26.2 Å². The molecule has 3 aliphatic rings. The molecule has 0 radical (unpaired) electrons. The van der Waals surface area contributed by atoms with Gasteiger partial charge in [-0.2, -0.15) is 0 Å². The molecule has 124 valence electrons. The van der Waals surface area contributed by atoms with Crippen LogP contribution in [0.2, 0.25) is 0 Å². The van der Waals surface area contributed by atoms with Crippen LogP contribution in [0.25, 0.3) is 0 Å². The average molecular weight is 308 g/mol. The Morgan fingerprint density at radius 1 is 1.32 bits per heavy atom. The molecule has 5 nitrogen and oxygen atoms in total. The van der Waals surface area contributed by atoms with Gasteiger partial charge in [0.1, 0.15) is 0 Å². The molecule has 22 heavy (non-hydrogen) atoms. The highest BCUT2D eigenvalue weighted by Gasteiger charge is 2.51. The molecule has 1 atom stereocenters. The molecule has 0 spiro atoms. The quantitative estimate of drug-likeness (QED) is 0.804. The Balaban J connectivity index is 1.50. The number of nitrogens with one attached hydrogen (secondary N) is 1. The maximum absolute atomic E-state index is 12.5. The SMILES string of the molecule is COC1(CC(=O)N2CCC([C@H]3NC(=O)C3(C)C)CC2)CCC1. The molecule has 1 N–H and O–H groups in total. The number of β-lactam (4-membered cyclic amide) rings is 1. The van der Waals surface area contributed by atoms with Crippen molar-refractivity contribution in [3.05, 3.63) is 0 Å². The van der Waals surface area contributed by atoms with Crippen molar-refractivity contribution in [2.75, 3.05) is 20.2 Å². The van der Waals surface area contributed by atoms with Gasteiger partial charge >= 0.3 is 0 Å². The van der Waals surface area contributed by atoms with Crippen molar-refractivity contribution < 1.29 is 14.3 Å². The van der Waals surface area contributed by atoms with Gasteiger partial charge in [-0.3, -0.25) is 9.59 Å². The molecule has 1 aliphatic carbocycles. The van der Waals surface area contributed by atoms with E-state index < -0.39 is 0 Å². The molecule has 0 aromatic heterocycles. The van der Waals surface area contributed by atoms with Crippen molar-refractivity contribution in [1.29, 1.82) is 0 Å². The second-order valence-corrected chi connectivity index (χ2v) is 7.81. The topological polar surface area (TPSA) is 58.6 Å². The number of rotatable bonds is 4. The van der Waals surface area contributed by atoms with Gasteiger partial charge in [-0.15, -0.1) is 0 Å². The Morgan fingerprint density at radius 2 is 1.95 bits per heavy atom. The van der Waals surface area contributed by atoms with Gasteiger partial charge in [-0.1, -0.05) is 0 Å². The molecule has 2 saturated heterocycles. The van der Waals surface area contributed by atoms with Crippen LogP contribution in [0.4, 0.5) is 0 Å². The molecule has 0 aromatic carbocycles. The summed E-state index contributed by atoms with van der Waals surface area (Å²) in [6.07, 6.45) is 5.68. The predicted molar refractivity (Wildman–Crippen MR) is 83.2 cm³/mol. The zero-order chi connectivity index (χ0) is 16.0. The van der Waals surface area contributed by atoms with Crippen molar-refractivity contribution in [3.63, 3.8) is 0 Å². The lowest BCUT2D eigenvalue weighted by atomic mass is 9.68. The monoisotopic (exact) mass is 308 g/mol. The van der Waals surface area contributed by atoms with Gasteiger partial charge in [0.05, 0.1) is 17.4 Å². The van der Waals surface area contributed by atoms with E-state index in [0.29, 0.717) is 12.3 Å². The van der Waals surface area contributed by atoms with Crippen LogP contribution < -0.4 is 5.32 Å². The molecule has 3 rings (SSSR count). The third-order valence-electron chi connectivity index (χ3n) is 6.18. The standard InChI is InChI=1S/C17H28N2O3/c1-16(2)14(18-15(16)21)12-5-9-19(10-6-12)13(20)11-17(22-3)7-4-8-17/h12,14H,4-11H2,1-3H3,(H,18,21)/t14-/m1/s1. The number of likely N-dealkylation sites (tertiary alicyclic amines) is 1. The van der Waals surface area contributed by atoms with E-state index in [9.17, 15) is 9.59 Å². The number of ether oxygens (including phenoxy) is 1. The molecular weight excluding hydrogens is 280 g/mol. The first kappa shape index (κ1) is 15.8. The fourth-order valence-electron chi connectivity index (χ4n) is 4.17. The van der Waals surface area contributed by atoms with E-state index in [2.05, 4.69) is 5.32 Å².